The normalized spacial score (nSPS) is 13.6. The van der Waals surface area contributed by atoms with E-state index in [0.29, 0.717) is 13.0 Å². The third-order valence-electron chi connectivity index (χ3n) is 3.54. The second-order valence-corrected chi connectivity index (χ2v) is 5.89. The summed E-state index contributed by atoms with van der Waals surface area (Å²) in [5, 5.41) is 23.2. The molecule has 1 atom stereocenters. The zero-order chi connectivity index (χ0) is 17.7. The van der Waals surface area contributed by atoms with Crippen LogP contribution in [0.1, 0.15) is 19.5 Å². The van der Waals surface area contributed by atoms with Gasteiger partial charge < -0.3 is 14.8 Å². The molecular weight excluding hydrogens is 304 g/mol. The van der Waals surface area contributed by atoms with E-state index >= 15 is 0 Å². The molecule has 2 aromatic rings. The highest BCUT2D eigenvalue weighted by atomic mass is 16.3. The first-order chi connectivity index (χ1) is 11.4. The van der Waals surface area contributed by atoms with Crippen LogP contribution in [-0.2, 0) is 20.0 Å². The minimum atomic E-state index is -0.476. The molecule has 0 radical (unpaired) electrons. The number of rotatable bonds is 7. The standard InChI is InChI=1S/C18H24N4O2/c1-13(6-5-7-14(2)23)11-22-12-19-18(17(22)10-15(3)24)16-8-9-20-21(16)4/h5-9,12,15,23-24H,1,10-11H2,2-4H3/b6-5-,14-7+. The number of aliphatic hydroxyl groups excluding tert-OH is 2. The molecule has 0 saturated heterocycles. The largest absolute Gasteiger partial charge is 0.513 e. The van der Waals surface area contributed by atoms with Crippen LogP contribution in [-0.4, -0.2) is 35.6 Å². The Labute approximate surface area is 142 Å². The molecule has 6 heteroatoms. The summed E-state index contributed by atoms with van der Waals surface area (Å²) < 4.78 is 3.75. The summed E-state index contributed by atoms with van der Waals surface area (Å²) in [7, 11) is 1.87. The molecule has 2 heterocycles. The lowest BCUT2D eigenvalue weighted by atomic mass is 10.1. The zero-order valence-corrected chi connectivity index (χ0v) is 14.3. The van der Waals surface area contributed by atoms with Crippen molar-refractivity contribution in [2.75, 3.05) is 0 Å². The zero-order valence-electron chi connectivity index (χ0n) is 14.3. The van der Waals surface area contributed by atoms with Gasteiger partial charge in [-0.15, -0.1) is 0 Å². The molecule has 0 aliphatic rings. The van der Waals surface area contributed by atoms with Gasteiger partial charge in [-0.2, -0.15) is 5.10 Å². The van der Waals surface area contributed by atoms with Crippen molar-refractivity contribution in [1.82, 2.24) is 19.3 Å². The van der Waals surface area contributed by atoms with Crippen molar-refractivity contribution in [3.63, 3.8) is 0 Å². The highest BCUT2D eigenvalue weighted by Gasteiger charge is 2.17. The molecule has 6 nitrogen and oxygen atoms in total. The van der Waals surface area contributed by atoms with E-state index in [0.717, 1.165) is 22.7 Å². The van der Waals surface area contributed by atoms with Crippen LogP contribution in [0.5, 0.6) is 0 Å². The van der Waals surface area contributed by atoms with Crippen LogP contribution in [0.25, 0.3) is 11.4 Å². The van der Waals surface area contributed by atoms with Gasteiger partial charge in [-0.25, -0.2) is 4.98 Å². The van der Waals surface area contributed by atoms with Gasteiger partial charge in [-0.1, -0.05) is 18.7 Å². The third kappa shape index (κ3) is 4.45. The van der Waals surface area contributed by atoms with Crippen molar-refractivity contribution in [2.45, 2.75) is 32.9 Å². The maximum Gasteiger partial charge on any atom is 0.110 e. The Morgan fingerprint density at radius 1 is 1.46 bits per heavy atom. The summed E-state index contributed by atoms with van der Waals surface area (Å²) in [5.74, 6) is 0.245. The fourth-order valence-corrected chi connectivity index (χ4v) is 2.45. The van der Waals surface area contributed by atoms with Crippen LogP contribution < -0.4 is 0 Å². The molecule has 0 spiro atoms. The number of aliphatic hydroxyl groups is 2. The highest BCUT2D eigenvalue weighted by molar-refractivity contribution is 5.57. The molecule has 0 aromatic carbocycles. The van der Waals surface area contributed by atoms with Crippen LogP contribution in [0.3, 0.4) is 0 Å². The van der Waals surface area contributed by atoms with Gasteiger partial charge >= 0.3 is 0 Å². The summed E-state index contributed by atoms with van der Waals surface area (Å²) in [5.41, 5.74) is 3.54. The summed E-state index contributed by atoms with van der Waals surface area (Å²) >= 11 is 0. The quantitative estimate of drug-likeness (QED) is 0.605. The second kappa shape index (κ2) is 7.79. The molecular formula is C18H24N4O2. The maximum atomic E-state index is 9.84. The van der Waals surface area contributed by atoms with Gasteiger partial charge in [0.05, 0.1) is 23.9 Å². The molecule has 2 aromatic heterocycles. The van der Waals surface area contributed by atoms with Crippen LogP contribution >= 0.6 is 0 Å². The monoisotopic (exact) mass is 328 g/mol. The van der Waals surface area contributed by atoms with E-state index in [1.54, 1.807) is 43.2 Å². The van der Waals surface area contributed by atoms with E-state index < -0.39 is 6.10 Å². The molecule has 0 fully saturated rings. The predicted molar refractivity (Wildman–Crippen MR) is 94.5 cm³/mol. The molecule has 0 amide bonds. The van der Waals surface area contributed by atoms with Gasteiger partial charge in [0.1, 0.15) is 5.69 Å². The number of hydrogen-bond acceptors (Lipinski definition) is 4. The average Bonchev–Trinajstić information content (AvgIpc) is 3.05. The van der Waals surface area contributed by atoms with E-state index in [2.05, 4.69) is 16.7 Å². The van der Waals surface area contributed by atoms with Crippen molar-refractivity contribution in [2.24, 2.45) is 7.05 Å². The van der Waals surface area contributed by atoms with Crippen molar-refractivity contribution < 1.29 is 10.2 Å². The first-order valence-corrected chi connectivity index (χ1v) is 7.80. The number of aromatic nitrogens is 4. The van der Waals surface area contributed by atoms with E-state index in [1.807, 2.05) is 23.8 Å². The number of aryl methyl sites for hydroxylation is 1. The number of nitrogens with zero attached hydrogens (tertiary/aromatic N) is 4. The van der Waals surface area contributed by atoms with Gasteiger partial charge in [0.25, 0.3) is 0 Å². The van der Waals surface area contributed by atoms with Gasteiger partial charge in [-0.05, 0) is 31.6 Å². The third-order valence-corrected chi connectivity index (χ3v) is 3.54. The predicted octanol–water partition coefficient (Wildman–Crippen LogP) is 2.78. The molecule has 0 aliphatic carbocycles. The Morgan fingerprint density at radius 2 is 2.21 bits per heavy atom. The van der Waals surface area contributed by atoms with Crippen LogP contribution in [0.2, 0.25) is 0 Å². The lowest BCUT2D eigenvalue weighted by molar-refractivity contribution is 0.193. The lowest BCUT2D eigenvalue weighted by Gasteiger charge is -2.12. The smallest absolute Gasteiger partial charge is 0.110 e. The van der Waals surface area contributed by atoms with E-state index in [9.17, 15) is 5.11 Å². The number of hydrogen-bond donors (Lipinski definition) is 2. The average molecular weight is 328 g/mol. The van der Waals surface area contributed by atoms with Gasteiger partial charge in [-0.3, -0.25) is 4.68 Å². The maximum absolute atomic E-state index is 9.84. The minimum Gasteiger partial charge on any atom is -0.513 e. The Kier molecular flexibility index (Phi) is 5.76. The lowest BCUT2D eigenvalue weighted by Crippen LogP contribution is -2.12. The Bertz CT molecular complexity index is 762. The summed E-state index contributed by atoms with van der Waals surface area (Å²) in [6, 6.07) is 1.90. The molecule has 1 unspecified atom stereocenters. The van der Waals surface area contributed by atoms with Crippen LogP contribution in [0.4, 0.5) is 0 Å². The van der Waals surface area contributed by atoms with E-state index in [4.69, 9.17) is 5.11 Å². The summed E-state index contributed by atoms with van der Waals surface area (Å²) in [6.07, 6.45) is 8.71. The van der Waals surface area contributed by atoms with Gasteiger partial charge in [0.15, 0.2) is 0 Å². The molecule has 24 heavy (non-hydrogen) atoms. The highest BCUT2D eigenvalue weighted by Crippen LogP contribution is 2.23. The fraction of sp³-hybridized carbons (Fsp3) is 0.333. The summed E-state index contributed by atoms with van der Waals surface area (Å²) in [4.78, 5) is 4.51. The Morgan fingerprint density at radius 3 is 2.79 bits per heavy atom. The molecule has 0 saturated carbocycles. The van der Waals surface area contributed by atoms with Crippen molar-refractivity contribution in [1.29, 1.82) is 0 Å². The minimum absolute atomic E-state index is 0.245. The molecule has 0 bridgehead atoms. The first-order valence-electron chi connectivity index (χ1n) is 7.80. The first kappa shape index (κ1) is 17.7. The van der Waals surface area contributed by atoms with Crippen LogP contribution in [0.15, 0.2) is 54.7 Å². The molecule has 2 rings (SSSR count). The van der Waals surface area contributed by atoms with Crippen LogP contribution in [0, 0.1) is 0 Å². The Balaban J connectivity index is 2.28. The van der Waals surface area contributed by atoms with E-state index in [1.165, 1.54) is 0 Å². The molecule has 2 N–H and O–H groups in total. The second-order valence-electron chi connectivity index (χ2n) is 5.89. The topological polar surface area (TPSA) is 76.1 Å². The van der Waals surface area contributed by atoms with Crippen molar-refractivity contribution in [3.05, 3.63) is 60.4 Å². The summed E-state index contributed by atoms with van der Waals surface area (Å²) in [6.45, 7) is 7.96. The molecule has 0 aliphatic heterocycles. The van der Waals surface area contributed by atoms with E-state index in [-0.39, 0.29) is 5.76 Å². The fourth-order valence-electron chi connectivity index (χ4n) is 2.45. The van der Waals surface area contributed by atoms with Gasteiger partial charge in [0, 0.05) is 31.9 Å². The number of imidazole rings is 1. The SMILES string of the molecule is C=C(/C=C\C=C(/C)O)Cn1cnc(-c2ccnn2C)c1CC(C)O. The van der Waals surface area contributed by atoms with Gasteiger partial charge in [0.2, 0.25) is 0 Å². The van der Waals surface area contributed by atoms with Crippen molar-refractivity contribution in [3.8, 4) is 11.4 Å². The molecule has 128 valence electrons. The number of allylic oxidation sites excluding steroid dienone is 5. The Hall–Kier alpha value is -2.60. The van der Waals surface area contributed by atoms with Crippen molar-refractivity contribution >= 4 is 0 Å².